The molecule has 1 aliphatic rings. The lowest BCUT2D eigenvalue weighted by Crippen LogP contribution is -2.27. The van der Waals surface area contributed by atoms with Gasteiger partial charge in [-0.1, -0.05) is 18.2 Å². The van der Waals surface area contributed by atoms with E-state index in [1.54, 1.807) is 18.2 Å². The number of halogens is 1. The van der Waals surface area contributed by atoms with Crippen molar-refractivity contribution in [3.63, 3.8) is 0 Å². The molecule has 3 aromatic carbocycles. The zero-order chi connectivity index (χ0) is 26.7. The lowest BCUT2D eigenvalue weighted by Gasteiger charge is -2.12. The molecule has 1 aliphatic heterocycles. The highest BCUT2D eigenvalue weighted by molar-refractivity contribution is 14.1. The maximum atomic E-state index is 12.9. The lowest BCUT2D eigenvalue weighted by molar-refractivity contribution is -0.394. The molecule has 37 heavy (non-hydrogen) atoms. The average Bonchev–Trinajstić information content (AvgIpc) is 3.13. The van der Waals surface area contributed by atoms with Crippen LogP contribution in [0, 0.1) is 23.8 Å². The number of ether oxygens (including phenoxy) is 2. The number of methoxy groups -OCH3 is 1. The number of non-ortho nitro benzene ring substituents is 1. The summed E-state index contributed by atoms with van der Waals surface area (Å²) in [4.78, 5) is 47.6. The molecule has 13 heteroatoms. The molecule has 2 amide bonds. The standard InChI is InChI=1S/C24H16IN3O8S/c1-35-21-10-15(4-8-20(21)36-19-9-7-17(27(31)32)12-18(19)28(33)34)11-22-23(29)26(24(30)37-22)13-14-2-5-16(25)6-3-14/h2-12H,13H2,1H3/b22-11+. The molecule has 1 heterocycles. The zero-order valence-corrected chi connectivity index (χ0v) is 21.9. The van der Waals surface area contributed by atoms with Gasteiger partial charge in [0.1, 0.15) is 0 Å². The summed E-state index contributed by atoms with van der Waals surface area (Å²) in [6.07, 6.45) is 1.54. The lowest BCUT2D eigenvalue weighted by atomic mass is 10.1. The Hall–Kier alpha value is -3.98. The smallest absolute Gasteiger partial charge is 0.318 e. The summed E-state index contributed by atoms with van der Waals surface area (Å²) in [5, 5.41) is 22.0. The molecule has 0 aliphatic carbocycles. The van der Waals surface area contributed by atoms with E-state index < -0.39 is 27.1 Å². The molecule has 11 nitrogen and oxygen atoms in total. The van der Waals surface area contributed by atoms with Gasteiger partial charge in [-0.3, -0.25) is 34.7 Å². The van der Waals surface area contributed by atoms with E-state index in [4.69, 9.17) is 9.47 Å². The van der Waals surface area contributed by atoms with Gasteiger partial charge in [0.05, 0.1) is 34.5 Å². The first-order chi connectivity index (χ1) is 17.7. The molecule has 188 valence electrons. The molecular formula is C24H16IN3O8S. The van der Waals surface area contributed by atoms with Crippen molar-refractivity contribution in [2.75, 3.05) is 7.11 Å². The largest absolute Gasteiger partial charge is 0.493 e. The number of carbonyl (C=O) groups excluding carboxylic acids is 2. The van der Waals surface area contributed by atoms with Crippen LogP contribution in [-0.2, 0) is 11.3 Å². The topological polar surface area (TPSA) is 142 Å². The molecule has 0 atom stereocenters. The molecule has 4 rings (SSSR count). The second kappa shape index (κ2) is 11.0. The highest BCUT2D eigenvalue weighted by Crippen LogP contribution is 2.39. The number of hydrogen-bond acceptors (Lipinski definition) is 9. The van der Waals surface area contributed by atoms with Crippen molar-refractivity contribution in [2.24, 2.45) is 0 Å². The van der Waals surface area contributed by atoms with Crippen LogP contribution in [0.1, 0.15) is 11.1 Å². The predicted molar refractivity (Wildman–Crippen MR) is 143 cm³/mol. The van der Waals surface area contributed by atoms with E-state index in [9.17, 15) is 29.8 Å². The van der Waals surface area contributed by atoms with Gasteiger partial charge in [0.25, 0.3) is 16.8 Å². The fraction of sp³-hybridized carbons (Fsp3) is 0.0833. The van der Waals surface area contributed by atoms with Gasteiger partial charge in [-0.15, -0.1) is 0 Å². The molecule has 0 N–H and O–H groups in total. The Labute approximate surface area is 227 Å². The molecule has 0 saturated carbocycles. The van der Waals surface area contributed by atoms with Gasteiger partial charge in [-0.25, -0.2) is 0 Å². The molecular weight excluding hydrogens is 617 g/mol. The average molecular weight is 633 g/mol. The Kier molecular flexibility index (Phi) is 7.73. The molecule has 0 unspecified atom stereocenters. The molecule has 1 fully saturated rings. The molecule has 1 saturated heterocycles. The molecule has 0 bridgehead atoms. The van der Waals surface area contributed by atoms with Crippen molar-refractivity contribution >= 4 is 62.9 Å². The maximum absolute atomic E-state index is 12.9. The van der Waals surface area contributed by atoms with Crippen molar-refractivity contribution in [3.05, 3.63) is 100 Å². The van der Waals surface area contributed by atoms with Crippen molar-refractivity contribution < 1.29 is 28.9 Å². The Bertz CT molecular complexity index is 1460. The summed E-state index contributed by atoms with van der Waals surface area (Å²) in [6, 6.07) is 15.1. The quantitative estimate of drug-likeness (QED) is 0.124. The van der Waals surface area contributed by atoms with Crippen LogP contribution in [-0.4, -0.2) is 33.0 Å². The Morgan fingerprint density at radius 3 is 2.30 bits per heavy atom. The van der Waals surface area contributed by atoms with Gasteiger partial charge in [0, 0.05) is 9.64 Å². The Morgan fingerprint density at radius 2 is 1.65 bits per heavy atom. The monoisotopic (exact) mass is 633 g/mol. The van der Waals surface area contributed by atoms with Crippen molar-refractivity contribution in [1.82, 2.24) is 4.90 Å². The number of hydrogen-bond donors (Lipinski definition) is 0. The number of nitrogens with zero attached hydrogens (tertiary/aromatic N) is 3. The van der Waals surface area contributed by atoms with Crippen LogP contribution < -0.4 is 9.47 Å². The first-order valence-corrected chi connectivity index (χ1v) is 12.3. The van der Waals surface area contributed by atoms with Gasteiger partial charge in [0.15, 0.2) is 11.5 Å². The fourth-order valence-electron chi connectivity index (χ4n) is 3.39. The van der Waals surface area contributed by atoms with Crippen LogP contribution in [0.25, 0.3) is 6.08 Å². The van der Waals surface area contributed by atoms with Crippen molar-refractivity contribution in [3.8, 4) is 17.2 Å². The summed E-state index contributed by atoms with van der Waals surface area (Å²) < 4.78 is 12.0. The van der Waals surface area contributed by atoms with Crippen molar-refractivity contribution in [1.29, 1.82) is 0 Å². The first-order valence-electron chi connectivity index (χ1n) is 10.4. The van der Waals surface area contributed by atoms with Crippen molar-refractivity contribution in [2.45, 2.75) is 6.54 Å². The summed E-state index contributed by atoms with van der Waals surface area (Å²) in [5.74, 6) is -0.323. The number of amides is 2. The van der Waals surface area contributed by atoms with Crippen LogP contribution in [0.5, 0.6) is 17.2 Å². The van der Waals surface area contributed by atoms with Gasteiger partial charge in [-0.05, 0) is 81.9 Å². The number of imide groups is 1. The number of rotatable bonds is 8. The van der Waals surface area contributed by atoms with E-state index in [2.05, 4.69) is 22.6 Å². The number of benzene rings is 3. The first kappa shape index (κ1) is 26.1. The summed E-state index contributed by atoms with van der Waals surface area (Å²) >= 11 is 3.00. The highest BCUT2D eigenvalue weighted by Gasteiger charge is 2.35. The third kappa shape index (κ3) is 5.89. The summed E-state index contributed by atoms with van der Waals surface area (Å²) in [7, 11) is 1.37. The Morgan fingerprint density at radius 1 is 0.946 bits per heavy atom. The number of thioether (sulfide) groups is 1. The molecule has 3 aromatic rings. The van der Waals surface area contributed by atoms with E-state index in [-0.39, 0.29) is 33.9 Å². The zero-order valence-electron chi connectivity index (χ0n) is 19.0. The SMILES string of the molecule is COc1cc(/C=C2/SC(=O)N(Cc3ccc(I)cc3)C2=O)ccc1Oc1ccc([N+](=O)[O-])cc1[N+](=O)[O-]. The van der Waals surface area contributed by atoms with E-state index in [1.807, 2.05) is 24.3 Å². The summed E-state index contributed by atoms with van der Waals surface area (Å²) in [6.45, 7) is 0.156. The van der Waals surface area contributed by atoms with Gasteiger partial charge in [0.2, 0.25) is 5.75 Å². The minimum absolute atomic E-state index is 0.114. The van der Waals surface area contributed by atoms with Crippen LogP contribution in [0.2, 0.25) is 0 Å². The molecule has 0 spiro atoms. The van der Waals surface area contributed by atoms with Crippen LogP contribution >= 0.6 is 34.4 Å². The fourth-order valence-corrected chi connectivity index (χ4v) is 4.58. The van der Waals surface area contributed by atoms with Gasteiger partial charge >= 0.3 is 5.69 Å². The number of nitro benzene ring substituents is 2. The third-order valence-electron chi connectivity index (χ3n) is 5.18. The van der Waals surface area contributed by atoms with Crippen LogP contribution in [0.15, 0.2) is 65.6 Å². The van der Waals surface area contributed by atoms with Crippen LogP contribution in [0.3, 0.4) is 0 Å². The van der Waals surface area contributed by atoms with E-state index in [0.29, 0.717) is 5.56 Å². The second-order valence-corrected chi connectivity index (χ2v) is 9.81. The minimum atomic E-state index is -0.782. The number of nitro groups is 2. The van der Waals surface area contributed by atoms with Gasteiger partial charge in [-0.2, -0.15) is 0 Å². The molecule has 0 radical (unpaired) electrons. The third-order valence-corrected chi connectivity index (χ3v) is 6.81. The minimum Gasteiger partial charge on any atom is -0.493 e. The number of carbonyl (C=O) groups is 2. The highest BCUT2D eigenvalue weighted by atomic mass is 127. The van der Waals surface area contributed by atoms with E-state index in [0.717, 1.165) is 39.1 Å². The predicted octanol–water partition coefficient (Wildman–Crippen LogP) is 6.15. The van der Waals surface area contributed by atoms with Gasteiger partial charge < -0.3 is 9.47 Å². The summed E-state index contributed by atoms with van der Waals surface area (Å²) in [5.41, 5.74) is 0.328. The maximum Gasteiger partial charge on any atom is 0.318 e. The van der Waals surface area contributed by atoms with E-state index in [1.165, 1.54) is 18.1 Å². The van der Waals surface area contributed by atoms with Crippen LogP contribution in [0.4, 0.5) is 16.2 Å². The second-order valence-electron chi connectivity index (χ2n) is 7.57. The Balaban J connectivity index is 1.57. The molecule has 0 aromatic heterocycles. The normalized spacial score (nSPS) is 14.2. The van der Waals surface area contributed by atoms with E-state index >= 15 is 0 Å².